The number of pyridine rings is 1. The molecule has 27 heavy (non-hydrogen) atoms. The first-order valence-electron chi connectivity index (χ1n) is 8.64. The molecule has 1 N–H and O–H groups in total. The number of aldehydes is 1. The van der Waals surface area contributed by atoms with Crippen molar-refractivity contribution in [1.82, 2.24) is 15.2 Å². The van der Waals surface area contributed by atoms with Crippen LogP contribution >= 0.6 is 0 Å². The normalized spacial score (nSPS) is 16.9. The smallest absolute Gasteiger partial charge is 0.243 e. The molecule has 1 aliphatic rings. The third-order valence-electron chi connectivity index (χ3n) is 4.69. The molecule has 0 spiro atoms. The summed E-state index contributed by atoms with van der Waals surface area (Å²) in [6.07, 6.45) is 3.25. The van der Waals surface area contributed by atoms with Crippen molar-refractivity contribution in [1.29, 1.82) is 0 Å². The molecule has 1 aromatic carbocycles. The average Bonchev–Trinajstić information content (AvgIpc) is 2.67. The zero-order valence-corrected chi connectivity index (χ0v) is 15.3. The van der Waals surface area contributed by atoms with Gasteiger partial charge in [0, 0.05) is 36.4 Å². The van der Waals surface area contributed by atoms with Gasteiger partial charge in [0.15, 0.2) is 0 Å². The first-order valence-corrected chi connectivity index (χ1v) is 8.64. The van der Waals surface area contributed by atoms with E-state index in [4.69, 9.17) is 4.74 Å². The molecule has 3 rings (SSSR count). The minimum Gasteiger partial charge on any atom is -0.497 e. The maximum Gasteiger partial charge on any atom is 0.243 e. The first-order chi connectivity index (χ1) is 13.0. The lowest BCUT2D eigenvalue weighted by Gasteiger charge is -2.30. The van der Waals surface area contributed by atoms with Gasteiger partial charge in [0.25, 0.3) is 0 Å². The number of carbonyl (C=O) groups is 3. The van der Waals surface area contributed by atoms with Crippen molar-refractivity contribution in [3.05, 3.63) is 47.7 Å². The zero-order chi connectivity index (χ0) is 19.4. The standard InChI is InChI=1S/C20H21N3O4/c1-23(18-5-6-19(25)22-20(18)26)11-15-9-13(3-4-14(15)12-24)17-10-16(27-2)7-8-21-17/h3-4,7-10,12,18H,5-6,11H2,1-2H3,(H,22,25,26). The number of rotatable bonds is 6. The maximum absolute atomic E-state index is 12.1. The Morgan fingerprint density at radius 1 is 1.30 bits per heavy atom. The van der Waals surface area contributed by atoms with E-state index in [2.05, 4.69) is 10.3 Å². The van der Waals surface area contributed by atoms with Crippen LogP contribution in [-0.2, 0) is 16.1 Å². The molecule has 1 aromatic heterocycles. The van der Waals surface area contributed by atoms with Crippen molar-refractivity contribution in [2.24, 2.45) is 0 Å². The number of nitrogens with one attached hydrogen (secondary N) is 1. The van der Waals surface area contributed by atoms with Gasteiger partial charge in [-0.3, -0.25) is 29.6 Å². The van der Waals surface area contributed by atoms with E-state index in [1.807, 2.05) is 30.1 Å². The van der Waals surface area contributed by atoms with Gasteiger partial charge in [-0.25, -0.2) is 0 Å². The zero-order valence-electron chi connectivity index (χ0n) is 15.3. The molecule has 2 aromatic rings. The SMILES string of the molecule is COc1ccnc(-c2ccc(C=O)c(CN(C)C3CCC(=O)NC3=O)c2)c1. The molecule has 0 saturated carbocycles. The van der Waals surface area contributed by atoms with Gasteiger partial charge >= 0.3 is 0 Å². The molecule has 1 fully saturated rings. The molecule has 7 nitrogen and oxygen atoms in total. The number of aromatic nitrogens is 1. The van der Waals surface area contributed by atoms with Crippen LogP contribution in [0.4, 0.5) is 0 Å². The van der Waals surface area contributed by atoms with Gasteiger partial charge in [-0.05, 0) is 31.2 Å². The maximum atomic E-state index is 12.1. The minimum atomic E-state index is -0.402. The van der Waals surface area contributed by atoms with Crippen molar-refractivity contribution in [2.45, 2.75) is 25.4 Å². The number of carbonyl (C=O) groups excluding carboxylic acids is 3. The molecule has 2 amide bonds. The molecule has 1 atom stereocenters. The Hall–Kier alpha value is -3.06. The van der Waals surface area contributed by atoms with Crippen molar-refractivity contribution in [3.8, 4) is 17.0 Å². The van der Waals surface area contributed by atoms with E-state index < -0.39 is 6.04 Å². The number of hydrogen-bond acceptors (Lipinski definition) is 6. The molecule has 1 saturated heterocycles. The van der Waals surface area contributed by atoms with Gasteiger partial charge in [-0.15, -0.1) is 0 Å². The minimum absolute atomic E-state index is 0.246. The van der Waals surface area contributed by atoms with Crippen LogP contribution in [0.5, 0.6) is 5.75 Å². The molecule has 0 aliphatic carbocycles. The van der Waals surface area contributed by atoms with Crippen molar-refractivity contribution < 1.29 is 19.1 Å². The summed E-state index contributed by atoms with van der Waals surface area (Å²) in [6.45, 7) is 0.401. The highest BCUT2D eigenvalue weighted by atomic mass is 16.5. The summed E-state index contributed by atoms with van der Waals surface area (Å²) in [6, 6.07) is 8.66. The number of ether oxygens (including phenoxy) is 1. The average molecular weight is 367 g/mol. The molecule has 1 unspecified atom stereocenters. The lowest BCUT2D eigenvalue weighted by molar-refractivity contribution is -0.137. The second kappa shape index (κ2) is 8.09. The largest absolute Gasteiger partial charge is 0.497 e. The second-order valence-corrected chi connectivity index (χ2v) is 6.49. The molecule has 140 valence electrons. The van der Waals surface area contributed by atoms with Crippen LogP contribution in [0.15, 0.2) is 36.5 Å². The van der Waals surface area contributed by atoms with Gasteiger partial charge in [-0.1, -0.05) is 12.1 Å². The van der Waals surface area contributed by atoms with E-state index in [0.717, 1.165) is 23.1 Å². The number of nitrogens with zero attached hydrogens (tertiary/aromatic N) is 2. The highest BCUT2D eigenvalue weighted by Gasteiger charge is 2.30. The van der Waals surface area contributed by atoms with E-state index in [0.29, 0.717) is 30.7 Å². The van der Waals surface area contributed by atoms with E-state index in [1.165, 1.54) is 0 Å². The molecular weight excluding hydrogens is 346 g/mol. The highest BCUT2D eigenvalue weighted by Crippen LogP contribution is 2.25. The predicted molar refractivity (Wildman–Crippen MR) is 99.3 cm³/mol. The Bertz CT molecular complexity index is 881. The van der Waals surface area contributed by atoms with Crippen molar-refractivity contribution >= 4 is 18.1 Å². The summed E-state index contributed by atoms with van der Waals surface area (Å²) < 4.78 is 5.24. The summed E-state index contributed by atoms with van der Waals surface area (Å²) in [5.74, 6) is 0.151. The van der Waals surface area contributed by atoms with Crippen LogP contribution in [0.2, 0.25) is 0 Å². The fourth-order valence-electron chi connectivity index (χ4n) is 3.19. The Kier molecular flexibility index (Phi) is 5.61. The molecular formula is C20H21N3O4. The molecule has 2 heterocycles. The van der Waals surface area contributed by atoms with E-state index in [1.54, 1.807) is 25.4 Å². The third kappa shape index (κ3) is 4.20. The van der Waals surface area contributed by atoms with Crippen molar-refractivity contribution in [3.63, 3.8) is 0 Å². The summed E-state index contributed by atoms with van der Waals surface area (Å²) in [5, 5.41) is 2.36. The molecule has 7 heteroatoms. The fraction of sp³-hybridized carbons (Fsp3) is 0.300. The van der Waals surface area contributed by atoms with E-state index in [-0.39, 0.29) is 11.8 Å². The lowest BCUT2D eigenvalue weighted by atomic mass is 10.00. The number of hydrogen-bond donors (Lipinski definition) is 1. The van der Waals surface area contributed by atoms with Crippen LogP contribution < -0.4 is 10.1 Å². The van der Waals surface area contributed by atoms with Crippen molar-refractivity contribution in [2.75, 3.05) is 14.2 Å². The van der Waals surface area contributed by atoms with Crippen LogP contribution in [0.25, 0.3) is 11.3 Å². The first kappa shape index (κ1) is 18.7. The lowest BCUT2D eigenvalue weighted by Crippen LogP contribution is -2.51. The Morgan fingerprint density at radius 3 is 2.81 bits per heavy atom. The number of piperidine rings is 1. The van der Waals surface area contributed by atoms with E-state index in [9.17, 15) is 14.4 Å². The molecule has 1 aliphatic heterocycles. The van der Waals surface area contributed by atoms with Crippen LogP contribution in [-0.4, -0.2) is 48.2 Å². The van der Waals surface area contributed by atoms with Gasteiger partial charge in [0.05, 0.1) is 18.8 Å². The van der Waals surface area contributed by atoms with Gasteiger partial charge < -0.3 is 4.74 Å². The Labute approximate surface area is 157 Å². The highest BCUT2D eigenvalue weighted by molar-refractivity contribution is 6.00. The number of likely N-dealkylation sites (N-methyl/N-ethyl adjacent to an activating group) is 1. The van der Waals surface area contributed by atoms with Crippen LogP contribution in [0.1, 0.15) is 28.8 Å². The van der Waals surface area contributed by atoms with Crippen LogP contribution in [0.3, 0.4) is 0 Å². The fourth-order valence-corrected chi connectivity index (χ4v) is 3.19. The number of benzene rings is 1. The number of methoxy groups -OCH3 is 1. The Morgan fingerprint density at radius 2 is 2.11 bits per heavy atom. The van der Waals surface area contributed by atoms with Gasteiger partial charge in [0.2, 0.25) is 11.8 Å². The molecule has 0 bridgehead atoms. The van der Waals surface area contributed by atoms with Crippen LogP contribution in [0, 0.1) is 0 Å². The third-order valence-corrected chi connectivity index (χ3v) is 4.69. The molecule has 0 radical (unpaired) electrons. The second-order valence-electron chi connectivity index (χ2n) is 6.49. The number of imide groups is 1. The summed E-state index contributed by atoms with van der Waals surface area (Å²) in [5.41, 5.74) is 2.93. The monoisotopic (exact) mass is 367 g/mol. The Balaban J connectivity index is 1.86. The van der Waals surface area contributed by atoms with Gasteiger partial charge in [-0.2, -0.15) is 0 Å². The quantitative estimate of drug-likeness (QED) is 0.619. The van der Waals surface area contributed by atoms with Gasteiger partial charge in [0.1, 0.15) is 12.0 Å². The topological polar surface area (TPSA) is 88.6 Å². The summed E-state index contributed by atoms with van der Waals surface area (Å²) in [4.78, 5) is 41.1. The number of amides is 2. The summed E-state index contributed by atoms with van der Waals surface area (Å²) >= 11 is 0. The predicted octanol–water partition coefficient (Wildman–Crippen LogP) is 1.81. The summed E-state index contributed by atoms with van der Waals surface area (Å²) in [7, 11) is 3.40. The van der Waals surface area contributed by atoms with E-state index >= 15 is 0 Å².